The molecule has 6 heteroatoms. The average molecular weight is 258 g/mol. The van der Waals surface area contributed by atoms with Crippen LogP contribution in [-0.4, -0.2) is 47.3 Å². The van der Waals surface area contributed by atoms with Crippen LogP contribution < -0.4 is 10.6 Å². The first-order valence-electron chi connectivity index (χ1n) is 6.14. The molecule has 104 valence electrons. The summed E-state index contributed by atoms with van der Waals surface area (Å²) in [4.78, 5) is 23.4. The zero-order chi connectivity index (χ0) is 13.9. The number of esters is 1. The van der Waals surface area contributed by atoms with Gasteiger partial charge in [-0.15, -0.1) is 0 Å². The minimum absolute atomic E-state index is 0.287. The van der Waals surface area contributed by atoms with Crippen molar-refractivity contribution in [3.8, 4) is 0 Å². The van der Waals surface area contributed by atoms with Crippen LogP contribution in [0.5, 0.6) is 0 Å². The Bertz CT molecular complexity index is 325. The number of aliphatic hydroxyl groups is 1. The van der Waals surface area contributed by atoms with E-state index in [1.165, 1.54) is 0 Å². The molecule has 0 aromatic heterocycles. The van der Waals surface area contributed by atoms with Gasteiger partial charge in [-0.3, -0.25) is 4.79 Å². The number of nitrogens with one attached hydrogen (secondary N) is 2. The number of carbonyl (C=O) groups is 2. The summed E-state index contributed by atoms with van der Waals surface area (Å²) in [5.74, 6) is -0.751. The van der Waals surface area contributed by atoms with Gasteiger partial charge in [-0.25, -0.2) is 4.79 Å². The van der Waals surface area contributed by atoms with Crippen molar-refractivity contribution in [1.29, 1.82) is 0 Å². The Hall–Kier alpha value is -1.14. The van der Waals surface area contributed by atoms with Gasteiger partial charge in [0, 0.05) is 6.54 Å². The first-order valence-corrected chi connectivity index (χ1v) is 6.14. The summed E-state index contributed by atoms with van der Waals surface area (Å²) in [6, 6.07) is -1.14. The fourth-order valence-corrected chi connectivity index (χ4v) is 1.68. The number of hydrogen-bond donors (Lipinski definition) is 3. The molecule has 1 aliphatic rings. The van der Waals surface area contributed by atoms with Gasteiger partial charge in [0.15, 0.2) is 0 Å². The number of aliphatic hydroxyl groups excluding tert-OH is 1. The van der Waals surface area contributed by atoms with Crippen LogP contribution in [0.3, 0.4) is 0 Å². The lowest BCUT2D eigenvalue weighted by Gasteiger charge is -2.23. The van der Waals surface area contributed by atoms with Crippen molar-refractivity contribution in [2.75, 3.05) is 6.54 Å². The molecule has 1 amide bonds. The van der Waals surface area contributed by atoms with Crippen LogP contribution in [0.1, 0.15) is 34.1 Å². The van der Waals surface area contributed by atoms with Crippen molar-refractivity contribution in [3.05, 3.63) is 0 Å². The predicted molar refractivity (Wildman–Crippen MR) is 65.9 cm³/mol. The van der Waals surface area contributed by atoms with Crippen molar-refractivity contribution in [2.45, 2.75) is 57.9 Å². The number of ether oxygens (including phenoxy) is 1. The summed E-state index contributed by atoms with van der Waals surface area (Å²) in [6.07, 6.45) is -0.134. The minimum Gasteiger partial charge on any atom is -0.458 e. The normalized spacial score (nSPS) is 25.6. The molecule has 0 aromatic rings. The summed E-state index contributed by atoms with van der Waals surface area (Å²) in [5, 5.41) is 14.8. The Morgan fingerprint density at radius 3 is 2.50 bits per heavy atom. The Morgan fingerprint density at radius 1 is 1.44 bits per heavy atom. The molecule has 0 saturated carbocycles. The van der Waals surface area contributed by atoms with Crippen LogP contribution in [0.15, 0.2) is 0 Å². The first-order chi connectivity index (χ1) is 8.19. The van der Waals surface area contributed by atoms with E-state index in [2.05, 4.69) is 10.6 Å². The molecule has 0 spiro atoms. The maximum atomic E-state index is 11.8. The van der Waals surface area contributed by atoms with Gasteiger partial charge in [-0.2, -0.15) is 0 Å². The summed E-state index contributed by atoms with van der Waals surface area (Å²) in [6.45, 7) is 7.30. The molecule has 6 nitrogen and oxygen atoms in total. The maximum Gasteiger partial charge on any atom is 0.328 e. The largest absolute Gasteiger partial charge is 0.458 e. The number of β-amino-alcohol motifs (C(OH)–C–C–N with tert-alkyl or cyclic N) is 1. The molecular weight excluding hydrogens is 236 g/mol. The second-order valence-corrected chi connectivity index (χ2v) is 5.61. The van der Waals surface area contributed by atoms with Gasteiger partial charge in [0.1, 0.15) is 11.6 Å². The molecule has 1 aliphatic heterocycles. The smallest absolute Gasteiger partial charge is 0.328 e. The van der Waals surface area contributed by atoms with E-state index >= 15 is 0 Å². The van der Waals surface area contributed by atoms with Crippen molar-refractivity contribution in [3.63, 3.8) is 0 Å². The molecule has 1 fully saturated rings. The Kier molecular flexibility index (Phi) is 4.70. The van der Waals surface area contributed by atoms with Gasteiger partial charge < -0.3 is 20.5 Å². The van der Waals surface area contributed by atoms with E-state index in [0.717, 1.165) is 0 Å². The number of amides is 1. The van der Waals surface area contributed by atoms with Gasteiger partial charge in [-0.1, -0.05) is 0 Å². The average Bonchev–Trinajstić information content (AvgIpc) is 2.62. The lowest BCUT2D eigenvalue weighted by molar-refractivity contribution is -0.158. The third-order valence-corrected chi connectivity index (χ3v) is 2.54. The topological polar surface area (TPSA) is 87.7 Å². The first kappa shape index (κ1) is 14.9. The van der Waals surface area contributed by atoms with Gasteiger partial charge in [0.25, 0.3) is 0 Å². The molecule has 1 saturated heterocycles. The lowest BCUT2D eigenvalue weighted by Crippen LogP contribution is -2.48. The zero-order valence-corrected chi connectivity index (χ0v) is 11.3. The van der Waals surface area contributed by atoms with Gasteiger partial charge in [0.2, 0.25) is 5.91 Å². The third-order valence-electron chi connectivity index (χ3n) is 2.54. The molecule has 1 rings (SSSR count). The summed E-state index contributed by atoms with van der Waals surface area (Å²) < 4.78 is 5.16. The summed E-state index contributed by atoms with van der Waals surface area (Å²) in [5.41, 5.74) is -0.572. The van der Waals surface area contributed by atoms with E-state index in [0.29, 0.717) is 13.0 Å². The molecule has 18 heavy (non-hydrogen) atoms. The molecule has 0 bridgehead atoms. The van der Waals surface area contributed by atoms with E-state index in [-0.39, 0.29) is 5.91 Å². The Morgan fingerprint density at radius 2 is 2.06 bits per heavy atom. The van der Waals surface area contributed by atoms with Crippen LogP contribution >= 0.6 is 0 Å². The molecule has 0 unspecified atom stereocenters. The van der Waals surface area contributed by atoms with Crippen molar-refractivity contribution in [2.24, 2.45) is 0 Å². The fourth-order valence-electron chi connectivity index (χ4n) is 1.68. The second-order valence-electron chi connectivity index (χ2n) is 5.61. The van der Waals surface area contributed by atoms with Crippen LogP contribution in [0.25, 0.3) is 0 Å². The van der Waals surface area contributed by atoms with Crippen LogP contribution in [-0.2, 0) is 14.3 Å². The van der Waals surface area contributed by atoms with E-state index in [4.69, 9.17) is 4.74 Å². The highest BCUT2D eigenvalue weighted by atomic mass is 16.6. The van der Waals surface area contributed by atoms with Gasteiger partial charge in [0.05, 0.1) is 12.1 Å². The van der Waals surface area contributed by atoms with Crippen molar-refractivity contribution in [1.82, 2.24) is 10.6 Å². The van der Waals surface area contributed by atoms with Crippen molar-refractivity contribution >= 4 is 11.9 Å². The van der Waals surface area contributed by atoms with Gasteiger partial charge in [-0.05, 0) is 34.1 Å². The zero-order valence-electron chi connectivity index (χ0n) is 11.3. The summed E-state index contributed by atoms with van der Waals surface area (Å²) in [7, 11) is 0. The SMILES string of the molecule is C[C@H](NC(=O)[C@@H]1C[C@H](O)CN1)C(=O)OC(C)(C)C. The fraction of sp³-hybridized carbons (Fsp3) is 0.833. The molecule has 0 aromatic carbocycles. The Balaban J connectivity index is 2.42. The minimum atomic E-state index is -0.698. The quantitative estimate of drug-likeness (QED) is 0.597. The molecule has 1 heterocycles. The van der Waals surface area contributed by atoms with Crippen LogP contribution in [0, 0.1) is 0 Å². The molecular formula is C12H22N2O4. The number of carbonyl (C=O) groups excluding carboxylic acids is 2. The monoisotopic (exact) mass is 258 g/mol. The highest BCUT2D eigenvalue weighted by molar-refractivity contribution is 5.87. The highest BCUT2D eigenvalue weighted by Crippen LogP contribution is 2.09. The van der Waals surface area contributed by atoms with Crippen molar-refractivity contribution < 1.29 is 19.4 Å². The van der Waals surface area contributed by atoms with Crippen LogP contribution in [0.2, 0.25) is 0 Å². The second kappa shape index (κ2) is 5.67. The van der Waals surface area contributed by atoms with E-state index in [1.54, 1.807) is 27.7 Å². The molecule has 3 atom stereocenters. The van der Waals surface area contributed by atoms with E-state index < -0.39 is 29.8 Å². The Labute approximate surface area is 107 Å². The third kappa shape index (κ3) is 4.62. The standard InChI is InChI=1S/C12H22N2O4/c1-7(11(17)18-12(2,3)4)14-10(16)9-5-8(15)6-13-9/h7-9,13,15H,5-6H2,1-4H3,(H,14,16)/t7-,8-,9-/m0/s1. The summed E-state index contributed by atoms with van der Waals surface area (Å²) >= 11 is 0. The van der Waals surface area contributed by atoms with E-state index in [9.17, 15) is 14.7 Å². The number of rotatable bonds is 3. The molecule has 0 radical (unpaired) electrons. The van der Waals surface area contributed by atoms with Crippen LogP contribution in [0.4, 0.5) is 0 Å². The predicted octanol–water partition coefficient (Wildman–Crippen LogP) is -0.444. The van der Waals surface area contributed by atoms with Gasteiger partial charge >= 0.3 is 5.97 Å². The highest BCUT2D eigenvalue weighted by Gasteiger charge is 2.30. The maximum absolute atomic E-state index is 11.8. The van der Waals surface area contributed by atoms with E-state index in [1.807, 2.05) is 0 Å². The lowest BCUT2D eigenvalue weighted by atomic mass is 10.1. The molecule has 0 aliphatic carbocycles. The number of hydrogen-bond acceptors (Lipinski definition) is 5. The molecule has 3 N–H and O–H groups in total.